The average Bonchev–Trinajstić information content (AvgIpc) is 2.40. The molecule has 1 aliphatic rings. The number of carbonyl (C=O) groups is 1. The van der Waals surface area contributed by atoms with Gasteiger partial charge < -0.3 is 4.90 Å². The summed E-state index contributed by atoms with van der Waals surface area (Å²) >= 11 is 0. The molecule has 1 heterocycles. The number of hydrogen-bond acceptors (Lipinski definition) is 3. The third kappa shape index (κ3) is 2.01. The maximum Gasteiger partial charge on any atom is 0.231 e. The number of nitrogens with one attached hydrogen (secondary N) is 1. The Morgan fingerprint density at radius 1 is 1.38 bits per heavy atom. The van der Waals surface area contributed by atoms with E-state index in [1.54, 1.807) is 30.1 Å². The Balaban J connectivity index is 2.36. The van der Waals surface area contributed by atoms with Crippen molar-refractivity contribution in [3.63, 3.8) is 0 Å². The van der Waals surface area contributed by atoms with Crippen LogP contribution in [0.5, 0.6) is 0 Å². The van der Waals surface area contributed by atoms with Crippen molar-refractivity contribution in [2.24, 2.45) is 0 Å². The average molecular weight is 240 g/mol. The predicted molar refractivity (Wildman–Crippen MR) is 62.0 cm³/mol. The number of carbonyl (C=O) groups excluding carboxylic acids is 1. The Labute approximate surface area is 94.1 Å². The van der Waals surface area contributed by atoms with Crippen molar-refractivity contribution < 1.29 is 13.2 Å². The van der Waals surface area contributed by atoms with Crippen LogP contribution >= 0.6 is 0 Å². The molecule has 1 aromatic carbocycles. The molecule has 0 spiro atoms. The summed E-state index contributed by atoms with van der Waals surface area (Å²) in [5.41, 5.74) is 2.18. The quantitative estimate of drug-likeness (QED) is 0.822. The molecule has 6 heteroatoms. The van der Waals surface area contributed by atoms with Crippen LogP contribution in [0.25, 0.3) is 0 Å². The van der Waals surface area contributed by atoms with Crippen LogP contribution in [0.15, 0.2) is 18.2 Å². The minimum absolute atomic E-state index is 0.0199. The van der Waals surface area contributed by atoms with E-state index in [9.17, 15) is 13.2 Å². The van der Waals surface area contributed by atoms with Crippen LogP contribution in [-0.2, 0) is 21.2 Å². The van der Waals surface area contributed by atoms with Gasteiger partial charge in [-0.3, -0.25) is 9.52 Å². The maximum absolute atomic E-state index is 11.4. The SMILES string of the molecule is CN1C(=O)Cc2cc(NS(C)(=O)=O)ccc21. The Morgan fingerprint density at radius 2 is 2.06 bits per heavy atom. The number of sulfonamides is 1. The molecule has 0 unspecified atom stereocenters. The number of benzene rings is 1. The smallest absolute Gasteiger partial charge is 0.231 e. The second kappa shape index (κ2) is 3.48. The molecule has 5 nitrogen and oxygen atoms in total. The second-order valence-corrected chi connectivity index (χ2v) is 5.60. The van der Waals surface area contributed by atoms with E-state index in [2.05, 4.69) is 4.72 Å². The highest BCUT2D eigenvalue weighted by molar-refractivity contribution is 7.92. The largest absolute Gasteiger partial charge is 0.315 e. The van der Waals surface area contributed by atoms with Gasteiger partial charge in [0.05, 0.1) is 12.7 Å². The van der Waals surface area contributed by atoms with E-state index < -0.39 is 10.0 Å². The minimum Gasteiger partial charge on any atom is -0.315 e. The molecule has 0 atom stereocenters. The van der Waals surface area contributed by atoms with E-state index in [0.29, 0.717) is 12.1 Å². The number of nitrogens with zero attached hydrogens (tertiary/aromatic N) is 1. The lowest BCUT2D eigenvalue weighted by Crippen LogP contribution is -2.20. The number of rotatable bonds is 2. The topological polar surface area (TPSA) is 66.5 Å². The van der Waals surface area contributed by atoms with Crippen molar-refractivity contribution in [2.75, 3.05) is 22.9 Å². The Hall–Kier alpha value is -1.56. The van der Waals surface area contributed by atoms with Gasteiger partial charge in [-0.2, -0.15) is 0 Å². The van der Waals surface area contributed by atoms with Gasteiger partial charge in [0, 0.05) is 18.4 Å². The zero-order valence-electron chi connectivity index (χ0n) is 9.02. The molecule has 1 N–H and O–H groups in total. The fourth-order valence-electron chi connectivity index (χ4n) is 1.75. The van der Waals surface area contributed by atoms with E-state index in [0.717, 1.165) is 17.5 Å². The van der Waals surface area contributed by atoms with Crippen molar-refractivity contribution in [1.82, 2.24) is 0 Å². The molecule has 0 aromatic heterocycles. The Morgan fingerprint density at radius 3 is 2.69 bits per heavy atom. The van der Waals surface area contributed by atoms with Crippen molar-refractivity contribution >= 4 is 27.3 Å². The van der Waals surface area contributed by atoms with Gasteiger partial charge in [0.1, 0.15) is 0 Å². The monoisotopic (exact) mass is 240 g/mol. The molecule has 1 amide bonds. The van der Waals surface area contributed by atoms with Crippen molar-refractivity contribution in [2.45, 2.75) is 6.42 Å². The van der Waals surface area contributed by atoms with Crippen LogP contribution in [-0.4, -0.2) is 27.6 Å². The van der Waals surface area contributed by atoms with Crippen LogP contribution in [0.3, 0.4) is 0 Å². The van der Waals surface area contributed by atoms with Gasteiger partial charge in [-0.1, -0.05) is 0 Å². The van der Waals surface area contributed by atoms with Crippen molar-refractivity contribution in [3.05, 3.63) is 23.8 Å². The highest BCUT2D eigenvalue weighted by Crippen LogP contribution is 2.30. The summed E-state index contributed by atoms with van der Waals surface area (Å²) in [5, 5.41) is 0. The summed E-state index contributed by atoms with van der Waals surface area (Å²) in [7, 11) is -1.56. The molecule has 2 rings (SSSR count). The van der Waals surface area contributed by atoms with E-state index in [4.69, 9.17) is 0 Å². The summed E-state index contributed by atoms with van der Waals surface area (Å²) < 4.78 is 24.5. The van der Waals surface area contributed by atoms with Gasteiger partial charge in [0.15, 0.2) is 0 Å². The fourth-order valence-corrected chi connectivity index (χ4v) is 2.30. The van der Waals surface area contributed by atoms with Crippen LogP contribution in [0.2, 0.25) is 0 Å². The molecule has 1 aliphatic heterocycles. The normalized spacial score (nSPS) is 15.1. The summed E-state index contributed by atoms with van der Waals surface area (Å²) in [4.78, 5) is 13.0. The van der Waals surface area contributed by atoms with Crippen molar-refractivity contribution in [3.8, 4) is 0 Å². The van der Waals surface area contributed by atoms with E-state index in [-0.39, 0.29) is 5.91 Å². The number of hydrogen-bond donors (Lipinski definition) is 1. The summed E-state index contributed by atoms with van der Waals surface area (Å²) in [6, 6.07) is 5.08. The molecule has 1 aromatic rings. The standard InChI is InChI=1S/C10H12N2O3S/c1-12-9-4-3-8(11-16(2,14)15)5-7(9)6-10(12)13/h3-5,11H,6H2,1-2H3. The van der Waals surface area contributed by atoms with Gasteiger partial charge in [-0.25, -0.2) is 8.42 Å². The minimum atomic E-state index is -3.27. The molecule has 0 bridgehead atoms. The van der Waals surface area contributed by atoms with E-state index >= 15 is 0 Å². The first-order valence-electron chi connectivity index (χ1n) is 4.74. The molecule has 0 radical (unpaired) electrons. The molecule has 16 heavy (non-hydrogen) atoms. The zero-order valence-corrected chi connectivity index (χ0v) is 9.84. The summed E-state index contributed by atoms with van der Waals surface area (Å²) in [5.74, 6) is 0.0199. The lowest BCUT2D eigenvalue weighted by atomic mass is 10.1. The zero-order chi connectivity index (χ0) is 11.9. The number of fused-ring (bicyclic) bond motifs is 1. The van der Waals surface area contributed by atoms with Crippen LogP contribution in [0.4, 0.5) is 11.4 Å². The number of likely N-dealkylation sites (N-methyl/N-ethyl adjacent to an activating group) is 1. The van der Waals surface area contributed by atoms with E-state index in [1.807, 2.05) is 0 Å². The predicted octanol–water partition coefficient (Wildman–Crippen LogP) is 0.577. The number of amides is 1. The molecular weight excluding hydrogens is 228 g/mol. The third-order valence-electron chi connectivity index (χ3n) is 2.46. The first kappa shape index (κ1) is 10.9. The first-order chi connectivity index (χ1) is 7.37. The molecule has 86 valence electrons. The van der Waals surface area contributed by atoms with Crippen molar-refractivity contribution in [1.29, 1.82) is 0 Å². The maximum atomic E-state index is 11.4. The molecule has 0 saturated carbocycles. The lowest BCUT2D eigenvalue weighted by Gasteiger charge is -2.10. The summed E-state index contributed by atoms with van der Waals surface area (Å²) in [6.45, 7) is 0. The lowest BCUT2D eigenvalue weighted by molar-refractivity contribution is -0.117. The molecule has 0 fully saturated rings. The van der Waals surface area contributed by atoms with Gasteiger partial charge in [-0.15, -0.1) is 0 Å². The first-order valence-corrected chi connectivity index (χ1v) is 6.63. The van der Waals surface area contributed by atoms with Gasteiger partial charge in [-0.05, 0) is 23.8 Å². The summed E-state index contributed by atoms with van der Waals surface area (Å²) in [6.07, 6.45) is 1.42. The van der Waals surface area contributed by atoms with Gasteiger partial charge in [0.25, 0.3) is 0 Å². The van der Waals surface area contributed by atoms with Crippen LogP contribution in [0.1, 0.15) is 5.56 Å². The van der Waals surface area contributed by atoms with Gasteiger partial charge in [0.2, 0.25) is 15.9 Å². The van der Waals surface area contributed by atoms with Gasteiger partial charge >= 0.3 is 0 Å². The Kier molecular flexibility index (Phi) is 2.38. The highest BCUT2D eigenvalue weighted by Gasteiger charge is 2.24. The fraction of sp³-hybridized carbons (Fsp3) is 0.300. The molecular formula is C10H12N2O3S. The number of anilines is 2. The highest BCUT2D eigenvalue weighted by atomic mass is 32.2. The van der Waals surface area contributed by atoms with Crippen LogP contribution in [0, 0.1) is 0 Å². The third-order valence-corrected chi connectivity index (χ3v) is 3.07. The second-order valence-electron chi connectivity index (χ2n) is 3.85. The van der Waals surface area contributed by atoms with Crippen LogP contribution < -0.4 is 9.62 Å². The Bertz CT molecular complexity index is 551. The molecule has 0 aliphatic carbocycles. The molecule has 0 saturated heterocycles. The van der Waals surface area contributed by atoms with E-state index in [1.165, 1.54) is 0 Å².